The molecule has 0 saturated carbocycles. The highest BCUT2D eigenvalue weighted by Crippen LogP contribution is 2.48. The third kappa shape index (κ3) is 5.18. The van der Waals surface area contributed by atoms with Crippen LogP contribution in [-0.2, 0) is 52.4 Å². The molecule has 3 aliphatic rings. The van der Waals surface area contributed by atoms with Gasteiger partial charge in [0.25, 0.3) is 0 Å². The van der Waals surface area contributed by atoms with Gasteiger partial charge in [0.1, 0.15) is 29.3 Å². The Morgan fingerprint density at radius 2 is 1.58 bits per heavy atom. The van der Waals surface area contributed by atoms with Crippen LogP contribution in [0.3, 0.4) is 0 Å². The number of ether oxygens (including phenoxy) is 2. The van der Waals surface area contributed by atoms with Crippen LogP contribution >= 0.6 is 0 Å². The van der Waals surface area contributed by atoms with E-state index in [-0.39, 0.29) is 36.3 Å². The number of aryl methyl sites for hydroxylation is 1. The summed E-state index contributed by atoms with van der Waals surface area (Å²) in [6.45, 7) is 0.506. The smallest absolute Gasteiger partial charge is 0.336 e. The number of amides is 2. The van der Waals surface area contributed by atoms with E-state index < -0.39 is 27.7 Å². The van der Waals surface area contributed by atoms with Gasteiger partial charge in [-0.3, -0.25) is 0 Å². The highest BCUT2D eigenvalue weighted by Gasteiger charge is 2.51. The number of hydrogen-bond acceptors (Lipinski definition) is 6. The highest BCUT2D eigenvalue weighted by molar-refractivity contribution is 7.90. The number of alkyl halides is 1. The van der Waals surface area contributed by atoms with Crippen molar-refractivity contribution in [1.82, 2.24) is 14.1 Å². The zero-order chi connectivity index (χ0) is 34.5. The molecule has 2 N–H and O–H groups in total. The number of rotatable bonds is 8. The third-order valence-electron chi connectivity index (χ3n) is 10.2. The zero-order valence-electron chi connectivity index (χ0n) is 27.7. The second kappa shape index (κ2) is 12.7. The number of fused-ring (bicyclic) bond motifs is 3. The van der Waals surface area contributed by atoms with E-state index >= 15 is 9.00 Å². The molecular formula is C39H38FN5O4S. The van der Waals surface area contributed by atoms with Gasteiger partial charge in [-0.05, 0) is 58.2 Å². The minimum absolute atomic E-state index is 0.0262. The van der Waals surface area contributed by atoms with E-state index in [1.54, 1.807) is 7.11 Å². The van der Waals surface area contributed by atoms with Crippen molar-refractivity contribution in [2.75, 3.05) is 19.0 Å². The Hall–Kier alpha value is -5.00. The Bertz CT molecular complexity index is 2060. The van der Waals surface area contributed by atoms with Gasteiger partial charge < -0.3 is 14.8 Å². The number of hydrogen-bond donors (Lipinski definition) is 2. The molecule has 50 heavy (non-hydrogen) atoms. The van der Waals surface area contributed by atoms with Crippen molar-refractivity contribution < 1.29 is 22.9 Å². The summed E-state index contributed by atoms with van der Waals surface area (Å²) < 4.78 is 55.0. The number of carbonyl (C=O) groups is 1. The molecule has 4 aromatic carbocycles. The number of nitrogens with zero attached hydrogens (tertiary/aromatic N) is 3. The molecule has 5 aromatic rings. The number of methoxy groups -OCH3 is 1. The summed E-state index contributed by atoms with van der Waals surface area (Å²) in [7, 11) is -2.70. The quantitative estimate of drug-likeness (QED) is 0.169. The number of carbonyl (C=O) groups excluding carboxylic acids is 1. The number of aromatic nitrogens is 2. The molecule has 0 bridgehead atoms. The fourth-order valence-electron chi connectivity index (χ4n) is 7.94. The van der Waals surface area contributed by atoms with Gasteiger partial charge in [-0.2, -0.15) is 5.10 Å². The minimum atomic E-state index is -4.29. The second-order valence-corrected chi connectivity index (χ2v) is 15.0. The Kier molecular flexibility index (Phi) is 8.19. The standard InChI is InChI=1S/C39H38FN5O4S/c1-48-32-24-44-37(49-25-32)35(23-42-44)50(41,47)45(38(46)43-36-33-19-11-12-26(33)20-27-21-31(40)22-34(27)36)39(28-13-5-2-6-14-28,29-15-7-3-8-16-29)30-17-9-4-10-18-30/h2-10,13-18,20,23,31-32,41H,11-12,19,21-22,24-25H2,1H3,(H,43,46)/t31-,32-,50?/m0/s1. The van der Waals surface area contributed by atoms with E-state index in [9.17, 15) is 9.17 Å². The van der Waals surface area contributed by atoms with Crippen molar-refractivity contribution in [2.45, 2.75) is 61.4 Å². The monoisotopic (exact) mass is 691 g/mol. The topological polar surface area (TPSA) is 110 Å². The molecule has 0 fully saturated rings. The van der Waals surface area contributed by atoms with Crippen molar-refractivity contribution >= 4 is 21.6 Å². The first-order chi connectivity index (χ1) is 24.3. The summed E-state index contributed by atoms with van der Waals surface area (Å²) >= 11 is 0. The maximum absolute atomic E-state index is 15.8. The lowest BCUT2D eigenvalue weighted by molar-refractivity contribution is 0.0165. The Morgan fingerprint density at radius 3 is 2.18 bits per heavy atom. The molecule has 8 rings (SSSR count). The summed E-state index contributed by atoms with van der Waals surface area (Å²) in [5, 5.41) is 7.64. The average Bonchev–Trinajstić information content (AvgIpc) is 3.89. The largest absolute Gasteiger partial charge is 0.474 e. The predicted octanol–water partition coefficient (Wildman–Crippen LogP) is 7.06. The van der Waals surface area contributed by atoms with Gasteiger partial charge in [0.15, 0.2) is 9.92 Å². The molecular weight excluding hydrogens is 654 g/mol. The van der Waals surface area contributed by atoms with Gasteiger partial charge in [-0.1, -0.05) is 97.1 Å². The molecule has 9 nitrogen and oxygen atoms in total. The fraction of sp³-hybridized carbons (Fsp3) is 0.282. The normalized spacial score (nSPS) is 19.1. The summed E-state index contributed by atoms with van der Waals surface area (Å²) in [4.78, 5) is 15.5. The van der Waals surface area contributed by atoms with Crippen LogP contribution in [-0.4, -0.2) is 50.3 Å². The number of benzene rings is 4. The van der Waals surface area contributed by atoms with E-state index in [0.717, 1.165) is 41.5 Å². The van der Waals surface area contributed by atoms with Crippen LogP contribution in [0.25, 0.3) is 0 Å². The lowest BCUT2D eigenvalue weighted by Crippen LogP contribution is -2.55. The van der Waals surface area contributed by atoms with E-state index in [0.29, 0.717) is 28.9 Å². The van der Waals surface area contributed by atoms with E-state index in [1.165, 1.54) is 15.2 Å². The van der Waals surface area contributed by atoms with Crippen molar-refractivity contribution in [3.63, 3.8) is 0 Å². The van der Waals surface area contributed by atoms with Crippen molar-refractivity contribution in [2.24, 2.45) is 0 Å². The Labute approximate surface area is 291 Å². The summed E-state index contributed by atoms with van der Waals surface area (Å²) in [5.74, 6) is 0.154. The van der Waals surface area contributed by atoms with Crippen molar-refractivity contribution in [3.8, 4) is 5.88 Å². The maximum Gasteiger partial charge on any atom is 0.336 e. The van der Waals surface area contributed by atoms with E-state index in [4.69, 9.17) is 9.47 Å². The molecule has 0 radical (unpaired) electrons. The maximum atomic E-state index is 15.8. The third-order valence-corrected chi connectivity index (χ3v) is 12.0. The predicted molar refractivity (Wildman–Crippen MR) is 188 cm³/mol. The zero-order valence-corrected chi connectivity index (χ0v) is 28.5. The van der Waals surface area contributed by atoms with E-state index in [1.807, 2.05) is 91.0 Å². The van der Waals surface area contributed by atoms with E-state index in [2.05, 4.69) is 16.5 Å². The van der Waals surface area contributed by atoms with Crippen molar-refractivity contribution in [3.05, 3.63) is 142 Å². The highest BCUT2D eigenvalue weighted by atomic mass is 32.2. The SMILES string of the molecule is CO[C@@H]1COc2c(S(=N)(=O)N(C(=O)Nc3c4c(cc5c3C[C@@H](F)C5)CCC4)C(c3ccccc3)(c3ccccc3)c3ccccc3)cnn2C1. The summed E-state index contributed by atoms with van der Waals surface area (Å²) in [5.41, 5.74) is 4.59. The first kappa shape index (κ1) is 32.2. The molecule has 0 saturated heterocycles. The van der Waals surface area contributed by atoms with Crippen LogP contribution in [0, 0.1) is 4.78 Å². The molecule has 1 aromatic heterocycles. The molecule has 2 amide bonds. The lowest BCUT2D eigenvalue weighted by Gasteiger charge is -2.45. The number of urea groups is 1. The fourth-order valence-corrected chi connectivity index (χ4v) is 9.71. The van der Waals surface area contributed by atoms with Crippen LogP contribution in [0.1, 0.15) is 45.4 Å². The molecule has 0 spiro atoms. The van der Waals surface area contributed by atoms with Crippen LogP contribution in [0.5, 0.6) is 5.88 Å². The van der Waals surface area contributed by atoms with Gasteiger partial charge in [0, 0.05) is 25.6 Å². The first-order valence-corrected chi connectivity index (χ1v) is 18.4. The molecule has 11 heteroatoms. The van der Waals surface area contributed by atoms with Gasteiger partial charge >= 0.3 is 6.03 Å². The van der Waals surface area contributed by atoms with Crippen LogP contribution < -0.4 is 10.1 Å². The van der Waals surface area contributed by atoms with Gasteiger partial charge in [-0.15, -0.1) is 0 Å². The van der Waals surface area contributed by atoms with Gasteiger partial charge in [-0.25, -0.2) is 27.2 Å². The number of anilines is 1. The summed E-state index contributed by atoms with van der Waals surface area (Å²) in [6, 6.07) is 29.5. The first-order valence-electron chi connectivity index (χ1n) is 16.9. The Morgan fingerprint density at radius 1 is 0.960 bits per heavy atom. The average molecular weight is 692 g/mol. The summed E-state index contributed by atoms with van der Waals surface area (Å²) in [6.07, 6.45) is 2.99. The molecule has 2 aliphatic carbocycles. The second-order valence-electron chi connectivity index (χ2n) is 13.1. The van der Waals surface area contributed by atoms with Crippen molar-refractivity contribution in [1.29, 1.82) is 4.78 Å². The number of nitrogens with one attached hydrogen (secondary N) is 2. The molecule has 1 aliphatic heterocycles. The van der Waals surface area contributed by atoms with Crippen LogP contribution in [0.15, 0.2) is 108 Å². The van der Waals surface area contributed by atoms with Gasteiger partial charge in [0.05, 0.1) is 12.7 Å². The van der Waals surface area contributed by atoms with Gasteiger partial charge in [0.2, 0.25) is 5.88 Å². The molecule has 1 unspecified atom stereocenters. The van der Waals surface area contributed by atoms with Crippen LogP contribution in [0.2, 0.25) is 0 Å². The minimum Gasteiger partial charge on any atom is -0.474 e. The van der Waals surface area contributed by atoms with Crippen LogP contribution in [0.4, 0.5) is 14.9 Å². The molecule has 3 atom stereocenters. The Balaban J connectivity index is 1.40. The molecule has 256 valence electrons. The molecule has 2 heterocycles. The lowest BCUT2D eigenvalue weighted by atomic mass is 9.77. The number of halogens is 1.